The molecule has 38 heavy (non-hydrogen) atoms. The van der Waals surface area contributed by atoms with Crippen molar-refractivity contribution < 1.29 is 17.6 Å². The molecule has 0 radical (unpaired) electrons. The van der Waals surface area contributed by atoms with Crippen LogP contribution in [0.2, 0.25) is 0 Å². The normalized spacial score (nSPS) is 12.8. The minimum atomic E-state index is 0.194. The molecule has 2 aliphatic rings. The molecule has 1 aromatic heterocycles. The molecule has 0 fully saturated rings. The standard InChI is InChI=1S/C32H22N2O.2ClH.Fe/c1-3-7-29-21(5-1)15-23-17-25(9-13-31(23)29)33-19-27-11-12-28(35-27)20-34-26-10-14-32-24(18-26)16-22-6-2-4-8-30(22)32;;;/h1-14,17-20H,15-16H2;2*1H;/q;;;+2/p-2. The summed E-state index contributed by atoms with van der Waals surface area (Å²) in [4.78, 5) is 9.29. The number of furan rings is 1. The van der Waals surface area contributed by atoms with Crippen LogP contribution in [0, 0.1) is 0 Å². The molecule has 4 aromatic carbocycles. The number of hydrogen-bond donors (Lipinski definition) is 0. The first-order valence-corrected chi connectivity index (χ1v) is 15.2. The van der Waals surface area contributed by atoms with Gasteiger partial charge in [0.25, 0.3) is 0 Å². The van der Waals surface area contributed by atoms with Crippen molar-refractivity contribution in [2.75, 3.05) is 0 Å². The molecule has 5 aromatic rings. The second-order valence-electron chi connectivity index (χ2n) is 9.16. The average Bonchev–Trinajstić information content (AvgIpc) is 3.65. The van der Waals surface area contributed by atoms with Crippen LogP contribution < -0.4 is 0 Å². The van der Waals surface area contributed by atoms with Gasteiger partial charge < -0.3 is 4.42 Å². The van der Waals surface area contributed by atoms with Crippen LogP contribution in [0.1, 0.15) is 33.8 Å². The predicted molar refractivity (Wildman–Crippen MR) is 154 cm³/mol. The topological polar surface area (TPSA) is 37.9 Å². The number of nitrogens with zero attached hydrogens (tertiary/aromatic N) is 2. The minimum absolute atomic E-state index is 0.194. The maximum absolute atomic E-state index is 5.92. The van der Waals surface area contributed by atoms with Crippen molar-refractivity contribution in [2.45, 2.75) is 12.8 Å². The van der Waals surface area contributed by atoms with E-state index < -0.39 is 0 Å². The third-order valence-corrected chi connectivity index (χ3v) is 6.88. The number of fused-ring (bicyclic) bond motifs is 6. The zero-order valence-corrected chi connectivity index (χ0v) is 22.8. The van der Waals surface area contributed by atoms with Crippen LogP contribution in [-0.4, -0.2) is 12.4 Å². The van der Waals surface area contributed by atoms with Gasteiger partial charge in [0.05, 0.1) is 23.8 Å². The number of benzene rings is 4. The molecule has 1 heterocycles. The fraction of sp³-hybridized carbons (Fsp3) is 0.0625. The van der Waals surface area contributed by atoms with Crippen LogP contribution in [0.3, 0.4) is 0 Å². The summed E-state index contributed by atoms with van der Waals surface area (Å²) in [5, 5.41) is 0. The molecule has 0 bridgehead atoms. The van der Waals surface area contributed by atoms with E-state index in [2.05, 4.69) is 94.9 Å². The molecule has 188 valence electrons. The molecule has 0 spiro atoms. The van der Waals surface area contributed by atoms with Gasteiger partial charge in [-0.3, -0.25) is 9.98 Å². The van der Waals surface area contributed by atoms with Crippen LogP contribution in [0.5, 0.6) is 0 Å². The second kappa shape index (κ2) is 11.1. The Labute approximate surface area is 236 Å². The predicted octanol–water partition coefficient (Wildman–Crippen LogP) is 9.30. The Morgan fingerprint density at radius 3 is 1.45 bits per heavy atom. The molecule has 6 heteroatoms. The molecule has 7 rings (SSSR count). The summed E-state index contributed by atoms with van der Waals surface area (Å²) >= 11 is 0.194. The summed E-state index contributed by atoms with van der Waals surface area (Å²) in [5.74, 6) is 1.42. The Balaban J connectivity index is 0.000000843. The van der Waals surface area contributed by atoms with Gasteiger partial charge in [-0.15, -0.1) is 0 Å². The summed E-state index contributed by atoms with van der Waals surface area (Å²) in [7, 11) is 9.53. The molecule has 0 aliphatic heterocycles. The zero-order chi connectivity index (χ0) is 25.9. The third kappa shape index (κ3) is 5.14. The molecule has 2 aliphatic carbocycles. The van der Waals surface area contributed by atoms with E-state index in [1.807, 2.05) is 12.1 Å². The van der Waals surface area contributed by atoms with Crippen molar-refractivity contribution in [3.63, 3.8) is 0 Å². The maximum atomic E-state index is 5.92. The number of hydrogen-bond acceptors (Lipinski definition) is 3. The molecule has 0 saturated carbocycles. The van der Waals surface area contributed by atoms with Crippen molar-refractivity contribution in [3.8, 4) is 22.3 Å². The van der Waals surface area contributed by atoms with Crippen LogP contribution in [0.15, 0.2) is 111 Å². The van der Waals surface area contributed by atoms with Crippen LogP contribution in [0.25, 0.3) is 22.3 Å². The van der Waals surface area contributed by atoms with Gasteiger partial charge in [0.2, 0.25) is 0 Å². The first-order chi connectivity index (χ1) is 18.7. The first-order valence-electron chi connectivity index (χ1n) is 12.2. The molecular weight excluding hydrogens is 555 g/mol. The van der Waals surface area contributed by atoms with E-state index in [1.165, 1.54) is 44.5 Å². The van der Waals surface area contributed by atoms with E-state index in [0.717, 1.165) is 24.2 Å². The fourth-order valence-corrected chi connectivity index (χ4v) is 5.21. The molecular formula is C32H22Cl2FeN2O. The van der Waals surface area contributed by atoms with Crippen molar-refractivity contribution in [3.05, 3.63) is 131 Å². The van der Waals surface area contributed by atoms with Gasteiger partial charge >= 0.3 is 33.3 Å². The third-order valence-electron chi connectivity index (χ3n) is 6.88. The Morgan fingerprint density at radius 2 is 0.974 bits per heavy atom. The van der Waals surface area contributed by atoms with Gasteiger partial charge in [-0.05, 0) is 93.7 Å². The number of rotatable bonds is 4. The first kappa shape index (κ1) is 24.9. The van der Waals surface area contributed by atoms with Gasteiger partial charge in [0.1, 0.15) is 11.5 Å². The van der Waals surface area contributed by atoms with E-state index in [1.54, 1.807) is 12.4 Å². The average molecular weight is 577 g/mol. The summed E-state index contributed by atoms with van der Waals surface area (Å²) in [6.45, 7) is 0. The number of aliphatic imine (C=N–C) groups is 2. The van der Waals surface area contributed by atoms with Crippen molar-refractivity contribution >= 4 is 44.0 Å². The zero-order valence-electron chi connectivity index (χ0n) is 20.2. The molecule has 0 saturated heterocycles. The van der Waals surface area contributed by atoms with Gasteiger partial charge in [-0.1, -0.05) is 60.7 Å². The number of halogens is 2. The van der Waals surface area contributed by atoms with Gasteiger partial charge in [-0.2, -0.15) is 0 Å². The van der Waals surface area contributed by atoms with E-state index in [4.69, 9.17) is 24.6 Å². The molecule has 0 amide bonds. The van der Waals surface area contributed by atoms with E-state index in [9.17, 15) is 0 Å². The fourth-order valence-electron chi connectivity index (χ4n) is 5.21. The molecule has 3 nitrogen and oxygen atoms in total. The molecule has 0 N–H and O–H groups in total. The van der Waals surface area contributed by atoms with E-state index in [-0.39, 0.29) is 13.1 Å². The van der Waals surface area contributed by atoms with Crippen molar-refractivity contribution in [1.29, 1.82) is 0 Å². The SMILES string of the molecule is C(=Nc1ccc2c(c1)Cc1ccccc1-2)c1ccc(C=Nc2ccc3c(c2)Cc2ccccc2-3)o1.[Cl][Fe][Cl]. The van der Waals surface area contributed by atoms with Crippen LogP contribution in [-0.2, 0) is 26.0 Å². The van der Waals surface area contributed by atoms with Crippen LogP contribution >= 0.6 is 20.2 Å². The van der Waals surface area contributed by atoms with E-state index >= 15 is 0 Å². The Hall–Kier alpha value is -3.40. The van der Waals surface area contributed by atoms with Crippen molar-refractivity contribution in [2.24, 2.45) is 9.98 Å². The Bertz CT molecular complexity index is 1570. The second-order valence-corrected chi connectivity index (χ2v) is 11.0. The van der Waals surface area contributed by atoms with Gasteiger partial charge in [-0.25, -0.2) is 0 Å². The molecule has 0 atom stereocenters. The van der Waals surface area contributed by atoms with Gasteiger partial charge in [0, 0.05) is 0 Å². The van der Waals surface area contributed by atoms with Gasteiger partial charge in [0.15, 0.2) is 0 Å². The quantitative estimate of drug-likeness (QED) is 0.152. The molecule has 0 unspecified atom stereocenters. The summed E-state index contributed by atoms with van der Waals surface area (Å²) < 4.78 is 5.92. The monoisotopic (exact) mass is 576 g/mol. The summed E-state index contributed by atoms with van der Waals surface area (Å²) in [5.41, 5.74) is 12.6. The van der Waals surface area contributed by atoms with Crippen LogP contribution in [0.4, 0.5) is 11.4 Å². The summed E-state index contributed by atoms with van der Waals surface area (Å²) in [6.07, 6.45) is 5.47. The Morgan fingerprint density at radius 1 is 0.553 bits per heavy atom. The summed E-state index contributed by atoms with van der Waals surface area (Å²) in [6, 6.07) is 33.8. The van der Waals surface area contributed by atoms with E-state index in [0.29, 0.717) is 11.5 Å². The van der Waals surface area contributed by atoms with Crippen molar-refractivity contribution in [1.82, 2.24) is 0 Å². The Kier molecular flexibility index (Phi) is 7.31.